The molecule has 2 rings (SSSR count). The van der Waals surface area contributed by atoms with Crippen molar-refractivity contribution in [3.63, 3.8) is 0 Å². The summed E-state index contributed by atoms with van der Waals surface area (Å²) in [5, 5.41) is 0.710. The Labute approximate surface area is 112 Å². The summed E-state index contributed by atoms with van der Waals surface area (Å²) in [7, 11) is 0. The zero-order valence-electron chi connectivity index (χ0n) is 10.1. The van der Waals surface area contributed by atoms with Crippen molar-refractivity contribution in [1.29, 1.82) is 0 Å². The molecule has 2 aromatic rings. The molecule has 1 heterocycles. The van der Waals surface area contributed by atoms with E-state index in [9.17, 15) is 0 Å². The van der Waals surface area contributed by atoms with Gasteiger partial charge in [-0.15, -0.1) is 0 Å². The molecule has 1 atom stereocenters. The van der Waals surface area contributed by atoms with Crippen LogP contribution in [0.4, 0.5) is 0 Å². The van der Waals surface area contributed by atoms with E-state index in [4.69, 9.17) is 22.1 Å². The molecule has 0 radical (unpaired) electrons. The Balaban J connectivity index is 1.98. The number of ether oxygens (including phenoxy) is 1. The first-order valence-corrected chi connectivity index (χ1v) is 6.12. The van der Waals surface area contributed by atoms with Crippen molar-refractivity contribution >= 4 is 11.6 Å². The number of nitrogens with two attached hydrogens (primary N) is 1. The minimum atomic E-state index is -0.0630. The normalized spacial score (nSPS) is 12.2. The Morgan fingerprint density at radius 2 is 2.17 bits per heavy atom. The fraction of sp³-hybridized carbons (Fsp3) is 0.214. The second-order valence-electron chi connectivity index (χ2n) is 4.13. The molecule has 1 aromatic carbocycles. The summed E-state index contributed by atoms with van der Waals surface area (Å²) in [5.74, 6) is 0.722. The second-order valence-corrected chi connectivity index (χ2v) is 4.56. The summed E-state index contributed by atoms with van der Waals surface area (Å²) in [6, 6.07) is 11.3. The molecule has 2 N–H and O–H groups in total. The Kier molecular flexibility index (Phi) is 4.18. The monoisotopic (exact) mass is 262 g/mol. The Morgan fingerprint density at radius 3 is 2.78 bits per heavy atom. The molecule has 0 aliphatic heterocycles. The minimum absolute atomic E-state index is 0.0630. The molecule has 94 valence electrons. The summed E-state index contributed by atoms with van der Waals surface area (Å²) in [4.78, 5) is 4.23. The maximum atomic E-state index is 5.90. The number of rotatable bonds is 4. The van der Waals surface area contributed by atoms with Gasteiger partial charge in [0, 0.05) is 11.1 Å². The third-order valence-corrected chi connectivity index (χ3v) is 2.76. The Morgan fingerprint density at radius 1 is 1.33 bits per heavy atom. The van der Waals surface area contributed by atoms with Gasteiger partial charge in [0.2, 0.25) is 0 Å². The number of aromatic nitrogens is 1. The first-order valence-electron chi connectivity index (χ1n) is 5.74. The van der Waals surface area contributed by atoms with E-state index in [2.05, 4.69) is 4.98 Å². The van der Waals surface area contributed by atoms with Crippen LogP contribution in [0.5, 0.6) is 5.75 Å². The lowest BCUT2D eigenvalue weighted by molar-refractivity contribution is 0.304. The smallest absolute Gasteiger partial charge is 0.138 e. The van der Waals surface area contributed by atoms with Gasteiger partial charge in [-0.3, -0.25) is 4.98 Å². The fourth-order valence-electron chi connectivity index (χ4n) is 1.54. The van der Waals surface area contributed by atoms with Crippen LogP contribution >= 0.6 is 11.6 Å². The largest absolute Gasteiger partial charge is 0.487 e. The topological polar surface area (TPSA) is 48.1 Å². The van der Waals surface area contributed by atoms with Crippen LogP contribution in [0.25, 0.3) is 0 Å². The molecule has 0 saturated carbocycles. The number of pyridine rings is 1. The highest BCUT2D eigenvalue weighted by Crippen LogP contribution is 2.16. The minimum Gasteiger partial charge on any atom is -0.487 e. The van der Waals surface area contributed by atoms with Crippen molar-refractivity contribution in [2.45, 2.75) is 19.6 Å². The molecule has 0 unspecified atom stereocenters. The molecule has 0 aliphatic rings. The molecule has 0 amide bonds. The van der Waals surface area contributed by atoms with Crippen LogP contribution in [0.2, 0.25) is 5.02 Å². The third-order valence-electron chi connectivity index (χ3n) is 2.52. The lowest BCUT2D eigenvalue weighted by atomic mass is 10.2. The summed E-state index contributed by atoms with van der Waals surface area (Å²) in [6.07, 6.45) is 1.68. The molecular formula is C14H15ClN2O. The standard InChI is InChI=1S/C14H15ClN2O/c1-10(16)14-6-5-13(8-17-14)18-9-11-3-2-4-12(15)7-11/h2-8,10H,9,16H2,1H3/t10-/m1/s1. The summed E-state index contributed by atoms with van der Waals surface area (Å²) in [6.45, 7) is 2.37. The van der Waals surface area contributed by atoms with Gasteiger partial charge in [0.05, 0.1) is 11.9 Å². The van der Waals surface area contributed by atoms with E-state index in [1.807, 2.05) is 43.3 Å². The molecule has 0 bridgehead atoms. The van der Waals surface area contributed by atoms with Crippen molar-refractivity contribution in [2.75, 3.05) is 0 Å². The molecule has 18 heavy (non-hydrogen) atoms. The van der Waals surface area contributed by atoms with Crippen LogP contribution in [-0.4, -0.2) is 4.98 Å². The lowest BCUT2D eigenvalue weighted by Crippen LogP contribution is -2.07. The highest BCUT2D eigenvalue weighted by atomic mass is 35.5. The average Bonchev–Trinajstić information content (AvgIpc) is 2.37. The van der Waals surface area contributed by atoms with E-state index < -0.39 is 0 Å². The Bertz CT molecular complexity index is 511. The molecule has 3 nitrogen and oxygen atoms in total. The second kappa shape index (κ2) is 5.85. The van der Waals surface area contributed by atoms with E-state index in [-0.39, 0.29) is 6.04 Å². The predicted octanol–water partition coefficient (Wildman–Crippen LogP) is 3.33. The number of hydrogen-bond acceptors (Lipinski definition) is 3. The summed E-state index contributed by atoms with van der Waals surface area (Å²) in [5.41, 5.74) is 7.61. The molecule has 0 saturated heterocycles. The van der Waals surface area contributed by atoms with Crippen LogP contribution in [0, 0.1) is 0 Å². The maximum Gasteiger partial charge on any atom is 0.138 e. The number of hydrogen-bond donors (Lipinski definition) is 1. The highest BCUT2D eigenvalue weighted by Gasteiger charge is 2.02. The van der Waals surface area contributed by atoms with Crippen molar-refractivity contribution in [3.05, 3.63) is 58.9 Å². The van der Waals surface area contributed by atoms with E-state index in [1.165, 1.54) is 0 Å². The van der Waals surface area contributed by atoms with Crippen molar-refractivity contribution < 1.29 is 4.74 Å². The van der Waals surface area contributed by atoms with Gasteiger partial charge in [-0.25, -0.2) is 0 Å². The van der Waals surface area contributed by atoms with Gasteiger partial charge in [0.25, 0.3) is 0 Å². The Hall–Kier alpha value is -1.58. The van der Waals surface area contributed by atoms with E-state index >= 15 is 0 Å². The van der Waals surface area contributed by atoms with Crippen molar-refractivity contribution in [2.24, 2.45) is 5.73 Å². The summed E-state index contributed by atoms with van der Waals surface area (Å²) >= 11 is 5.90. The molecule has 4 heteroatoms. The highest BCUT2D eigenvalue weighted by molar-refractivity contribution is 6.30. The molecule has 0 fully saturated rings. The SMILES string of the molecule is C[C@@H](N)c1ccc(OCc2cccc(Cl)c2)cn1. The van der Waals surface area contributed by atoms with E-state index in [0.717, 1.165) is 17.0 Å². The van der Waals surface area contributed by atoms with Crippen molar-refractivity contribution in [3.8, 4) is 5.75 Å². The molecule has 1 aromatic heterocycles. The van der Waals surface area contributed by atoms with Crippen LogP contribution in [0.3, 0.4) is 0 Å². The number of halogens is 1. The zero-order valence-corrected chi connectivity index (χ0v) is 10.9. The van der Waals surface area contributed by atoms with Gasteiger partial charge < -0.3 is 10.5 Å². The van der Waals surface area contributed by atoms with Gasteiger partial charge in [0.1, 0.15) is 12.4 Å². The number of benzene rings is 1. The third kappa shape index (κ3) is 3.45. The van der Waals surface area contributed by atoms with Gasteiger partial charge in [-0.2, -0.15) is 0 Å². The van der Waals surface area contributed by atoms with Gasteiger partial charge >= 0.3 is 0 Å². The van der Waals surface area contributed by atoms with E-state index in [0.29, 0.717) is 11.6 Å². The maximum absolute atomic E-state index is 5.90. The molecule has 0 aliphatic carbocycles. The van der Waals surface area contributed by atoms with Gasteiger partial charge in [-0.1, -0.05) is 23.7 Å². The predicted molar refractivity (Wildman–Crippen MR) is 72.6 cm³/mol. The lowest BCUT2D eigenvalue weighted by Gasteiger charge is -2.08. The van der Waals surface area contributed by atoms with Gasteiger partial charge in [-0.05, 0) is 36.8 Å². The quantitative estimate of drug-likeness (QED) is 0.919. The molecular weight excluding hydrogens is 248 g/mol. The average molecular weight is 263 g/mol. The van der Waals surface area contributed by atoms with Crippen LogP contribution in [-0.2, 0) is 6.61 Å². The summed E-state index contributed by atoms with van der Waals surface area (Å²) < 4.78 is 5.62. The first-order chi connectivity index (χ1) is 8.65. The van der Waals surface area contributed by atoms with E-state index in [1.54, 1.807) is 6.20 Å². The zero-order chi connectivity index (χ0) is 13.0. The first kappa shape index (κ1) is 12.9. The van der Waals surface area contributed by atoms with Crippen LogP contribution in [0.15, 0.2) is 42.6 Å². The van der Waals surface area contributed by atoms with Crippen molar-refractivity contribution in [1.82, 2.24) is 4.98 Å². The van der Waals surface area contributed by atoms with Gasteiger partial charge in [0.15, 0.2) is 0 Å². The van der Waals surface area contributed by atoms with Crippen LogP contribution in [0.1, 0.15) is 24.2 Å². The fourth-order valence-corrected chi connectivity index (χ4v) is 1.75. The number of nitrogens with zero attached hydrogens (tertiary/aromatic N) is 1. The molecule has 0 spiro atoms. The van der Waals surface area contributed by atoms with Crippen LogP contribution < -0.4 is 10.5 Å².